The minimum atomic E-state index is -3.51. The monoisotopic (exact) mass is 257 g/mol. The largest absolute Gasteiger partial charge is 0.240 e. The van der Waals surface area contributed by atoms with Crippen molar-refractivity contribution in [3.05, 3.63) is 30.1 Å². The number of sulfonamides is 1. The van der Waals surface area contributed by atoms with E-state index in [2.05, 4.69) is 4.72 Å². The lowest BCUT2D eigenvalue weighted by Gasteiger charge is -2.31. The molecule has 1 unspecified atom stereocenters. The van der Waals surface area contributed by atoms with Gasteiger partial charge in [0.05, 0.1) is 4.90 Å². The summed E-state index contributed by atoms with van der Waals surface area (Å²) in [5, 5.41) is 0. The van der Waals surface area contributed by atoms with Crippen LogP contribution in [0.25, 0.3) is 0 Å². The van der Waals surface area contributed by atoms with Gasteiger partial charge in [0.25, 0.3) is 0 Å². The Bertz CT molecular complexity index is 480. The van der Waals surface area contributed by atoms with Crippen LogP contribution in [0, 0.1) is 11.7 Å². The van der Waals surface area contributed by atoms with Crippen molar-refractivity contribution in [3.8, 4) is 0 Å². The van der Waals surface area contributed by atoms with Crippen LogP contribution in [0.5, 0.6) is 0 Å². The molecule has 5 heteroatoms. The number of hydrogen-bond acceptors (Lipinski definition) is 2. The molecule has 0 bridgehead atoms. The highest BCUT2D eigenvalue weighted by Gasteiger charge is 2.27. The van der Waals surface area contributed by atoms with Crippen LogP contribution in [0.3, 0.4) is 0 Å². The molecule has 1 aliphatic rings. The van der Waals surface area contributed by atoms with Gasteiger partial charge in [0.2, 0.25) is 10.0 Å². The van der Waals surface area contributed by atoms with Crippen LogP contribution in [0.4, 0.5) is 4.39 Å². The van der Waals surface area contributed by atoms with Crippen LogP contribution in [0.1, 0.15) is 26.2 Å². The van der Waals surface area contributed by atoms with Gasteiger partial charge in [-0.25, -0.2) is 17.5 Å². The molecule has 0 amide bonds. The molecular weight excluding hydrogens is 241 g/mol. The first-order valence-corrected chi connectivity index (χ1v) is 7.25. The summed E-state index contributed by atoms with van der Waals surface area (Å²) in [7, 11) is -3.51. The highest BCUT2D eigenvalue weighted by molar-refractivity contribution is 7.89. The lowest BCUT2D eigenvalue weighted by Crippen LogP contribution is -2.40. The number of halogens is 1. The summed E-state index contributed by atoms with van der Waals surface area (Å²) in [5.74, 6) is 0.00112. The van der Waals surface area contributed by atoms with Gasteiger partial charge in [0.1, 0.15) is 5.82 Å². The zero-order chi connectivity index (χ0) is 12.5. The Balaban J connectivity index is 2.10. The van der Waals surface area contributed by atoms with Gasteiger partial charge in [-0.15, -0.1) is 0 Å². The quantitative estimate of drug-likeness (QED) is 0.899. The van der Waals surface area contributed by atoms with Crippen molar-refractivity contribution in [2.45, 2.75) is 37.1 Å². The molecule has 17 heavy (non-hydrogen) atoms. The van der Waals surface area contributed by atoms with E-state index < -0.39 is 15.8 Å². The van der Waals surface area contributed by atoms with Crippen molar-refractivity contribution in [3.63, 3.8) is 0 Å². The van der Waals surface area contributed by atoms with E-state index in [9.17, 15) is 12.8 Å². The highest BCUT2D eigenvalue weighted by atomic mass is 32.2. The molecule has 1 N–H and O–H groups in total. The van der Waals surface area contributed by atoms with Gasteiger partial charge in [0.15, 0.2) is 0 Å². The Morgan fingerprint density at radius 2 is 1.88 bits per heavy atom. The first-order chi connectivity index (χ1) is 7.99. The van der Waals surface area contributed by atoms with Crippen LogP contribution in [0.2, 0.25) is 0 Å². The van der Waals surface area contributed by atoms with E-state index in [1.807, 2.05) is 6.92 Å². The zero-order valence-electron chi connectivity index (χ0n) is 9.69. The average molecular weight is 257 g/mol. The molecule has 2 rings (SSSR count). The minimum absolute atomic E-state index is 0.0567. The van der Waals surface area contributed by atoms with Gasteiger partial charge >= 0.3 is 0 Å². The van der Waals surface area contributed by atoms with E-state index in [0.717, 1.165) is 25.0 Å². The van der Waals surface area contributed by atoms with Gasteiger partial charge in [-0.1, -0.05) is 6.42 Å². The molecule has 0 spiro atoms. The Hall–Kier alpha value is -0.940. The van der Waals surface area contributed by atoms with Gasteiger partial charge in [-0.3, -0.25) is 0 Å². The van der Waals surface area contributed by atoms with E-state index in [1.165, 1.54) is 18.6 Å². The molecule has 94 valence electrons. The van der Waals surface area contributed by atoms with Gasteiger partial charge in [-0.2, -0.15) is 0 Å². The van der Waals surface area contributed by atoms with E-state index in [-0.39, 0.29) is 10.9 Å². The fourth-order valence-electron chi connectivity index (χ4n) is 1.96. The first kappa shape index (κ1) is 12.5. The van der Waals surface area contributed by atoms with E-state index >= 15 is 0 Å². The Labute approximate surface area is 101 Å². The fourth-order valence-corrected chi connectivity index (χ4v) is 3.27. The van der Waals surface area contributed by atoms with Crippen molar-refractivity contribution in [2.75, 3.05) is 0 Å². The normalized spacial score (nSPS) is 18.7. The molecule has 0 radical (unpaired) electrons. The number of nitrogens with one attached hydrogen (secondary N) is 1. The van der Waals surface area contributed by atoms with Crippen molar-refractivity contribution in [1.29, 1.82) is 0 Å². The summed E-state index contributed by atoms with van der Waals surface area (Å²) in [6.45, 7) is 1.88. The van der Waals surface area contributed by atoms with Crippen molar-refractivity contribution in [1.82, 2.24) is 4.72 Å². The van der Waals surface area contributed by atoms with Crippen LogP contribution in [0.15, 0.2) is 29.2 Å². The van der Waals surface area contributed by atoms with E-state index in [0.29, 0.717) is 5.92 Å². The summed E-state index contributed by atoms with van der Waals surface area (Å²) < 4.78 is 39.3. The van der Waals surface area contributed by atoms with Crippen molar-refractivity contribution in [2.24, 2.45) is 5.92 Å². The molecule has 1 aromatic carbocycles. The van der Waals surface area contributed by atoms with E-state index in [4.69, 9.17) is 0 Å². The molecule has 0 aliphatic heterocycles. The SMILES string of the molecule is CC(NS(=O)(=O)c1ccc(F)cc1)C1CCC1. The number of benzene rings is 1. The molecule has 1 aliphatic carbocycles. The maximum Gasteiger partial charge on any atom is 0.240 e. The summed E-state index contributed by atoms with van der Waals surface area (Å²) in [4.78, 5) is 0.116. The standard InChI is InChI=1S/C12H16FNO2S/c1-9(10-3-2-4-10)14-17(15,16)12-7-5-11(13)6-8-12/h5-10,14H,2-4H2,1H3. The molecule has 3 nitrogen and oxygen atoms in total. The average Bonchev–Trinajstić information content (AvgIpc) is 2.14. The Morgan fingerprint density at radius 1 is 1.29 bits per heavy atom. The van der Waals surface area contributed by atoms with Gasteiger partial charge in [0, 0.05) is 6.04 Å². The predicted molar refractivity (Wildman–Crippen MR) is 63.5 cm³/mol. The Kier molecular flexibility index (Phi) is 3.49. The number of hydrogen-bond donors (Lipinski definition) is 1. The second-order valence-electron chi connectivity index (χ2n) is 4.55. The molecule has 0 aromatic heterocycles. The molecule has 1 saturated carbocycles. The summed E-state index contributed by atoms with van der Waals surface area (Å²) >= 11 is 0. The fraction of sp³-hybridized carbons (Fsp3) is 0.500. The molecule has 0 saturated heterocycles. The lowest BCUT2D eigenvalue weighted by molar-refractivity contribution is 0.260. The number of rotatable bonds is 4. The van der Waals surface area contributed by atoms with Gasteiger partial charge in [-0.05, 0) is 49.9 Å². The molecule has 1 aromatic rings. The van der Waals surface area contributed by atoms with Crippen LogP contribution >= 0.6 is 0 Å². The van der Waals surface area contributed by atoms with E-state index in [1.54, 1.807) is 0 Å². The Morgan fingerprint density at radius 3 is 2.35 bits per heavy atom. The van der Waals surface area contributed by atoms with Crippen molar-refractivity contribution >= 4 is 10.0 Å². The maximum atomic E-state index is 12.7. The third-order valence-electron chi connectivity index (χ3n) is 3.32. The smallest absolute Gasteiger partial charge is 0.208 e. The molecule has 1 fully saturated rings. The summed E-state index contributed by atoms with van der Waals surface area (Å²) in [6.07, 6.45) is 3.33. The zero-order valence-corrected chi connectivity index (χ0v) is 10.5. The topological polar surface area (TPSA) is 46.2 Å². The summed E-state index contributed by atoms with van der Waals surface area (Å²) in [5.41, 5.74) is 0. The highest BCUT2D eigenvalue weighted by Crippen LogP contribution is 2.30. The van der Waals surface area contributed by atoms with Crippen LogP contribution in [-0.2, 0) is 10.0 Å². The van der Waals surface area contributed by atoms with Gasteiger partial charge < -0.3 is 0 Å². The minimum Gasteiger partial charge on any atom is -0.208 e. The maximum absolute atomic E-state index is 12.7. The second-order valence-corrected chi connectivity index (χ2v) is 6.27. The van der Waals surface area contributed by atoms with Crippen molar-refractivity contribution < 1.29 is 12.8 Å². The first-order valence-electron chi connectivity index (χ1n) is 5.77. The van der Waals surface area contributed by atoms with Crippen LogP contribution in [-0.4, -0.2) is 14.5 Å². The molecule has 1 atom stereocenters. The summed E-state index contributed by atoms with van der Waals surface area (Å²) in [6, 6.07) is 4.82. The third kappa shape index (κ3) is 2.84. The second kappa shape index (κ2) is 4.74. The predicted octanol–water partition coefficient (Wildman–Crippen LogP) is 2.29. The molecular formula is C12H16FNO2S. The molecule has 0 heterocycles. The van der Waals surface area contributed by atoms with Crippen LogP contribution < -0.4 is 4.72 Å². The lowest BCUT2D eigenvalue weighted by atomic mass is 9.81. The third-order valence-corrected chi connectivity index (χ3v) is 4.90.